The summed E-state index contributed by atoms with van der Waals surface area (Å²) in [7, 11) is 0. The van der Waals surface area contributed by atoms with Crippen LogP contribution in [-0.4, -0.2) is 19.3 Å². The van der Waals surface area contributed by atoms with E-state index < -0.39 is 0 Å². The molecule has 3 heteroatoms. The van der Waals surface area contributed by atoms with Gasteiger partial charge in [0.2, 0.25) is 0 Å². The minimum Gasteiger partial charge on any atom is -0.491 e. The Labute approximate surface area is 96.5 Å². The summed E-state index contributed by atoms with van der Waals surface area (Å²) in [5.74, 6) is 0.889. The second-order valence-electron chi connectivity index (χ2n) is 4.30. The van der Waals surface area contributed by atoms with Gasteiger partial charge in [-0.2, -0.15) is 0 Å². The highest BCUT2D eigenvalue weighted by molar-refractivity contribution is 5.28. The molecule has 16 heavy (non-hydrogen) atoms. The summed E-state index contributed by atoms with van der Waals surface area (Å²) in [6.45, 7) is 3.50. The molecule has 0 amide bonds. The maximum atomic E-state index is 5.78. The number of benzene rings is 1. The molecule has 88 valence electrons. The van der Waals surface area contributed by atoms with Crippen molar-refractivity contribution in [2.45, 2.75) is 31.9 Å². The zero-order valence-electron chi connectivity index (χ0n) is 9.69. The van der Waals surface area contributed by atoms with Crippen LogP contribution in [0.2, 0.25) is 0 Å². The van der Waals surface area contributed by atoms with Gasteiger partial charge in [-0.25, -0.2) is 0 Å². The molecule has 1 saturated heterocycles. The van der Waals surface area contributed by atoms with Gasteiger partial charge in [-0.1, -0.05) is 12.1 Å². The second kappa shape index (κ2) is 5.32. The van der Waals surface area contributed by atoms with Crippen LogP contribution in [0.25, 0.3) is 0 Å². The molecule has 2 rings (SSSR count). The first kappa shape index (κ1) is 11.4. The van der Waals surface area contributed by atoms with Gasteiger partial charge in [0.05, 0.1) is 6.10 Å². The van der Waals surface area contributed by atoms with E-state index in [1.807, 2.05) is 31.2 Å². The van der Waals surface area contributed by atoms with E-state index in [-0.39, 0.29) is 12.1 Å². The van der Waals surface area contributed by atoms with Crippen LogP contribution < -0.4 is 10.5 Å². The molecule has 2 atom stereocenters. The monoisotopic (exact) mass is 221 g/mol. The van der Waals surface area contributed by atoms with E-state index in [2.05, 4.69) is 0 Å². The Hall–Kier alpha value is -1.06. The molecular weight excluding hydrogens is 202 g/mol. The van der Waals surface area contributed by atoms with Crippen molar-refractivity contribution in [1.29, 1.82) is 0 Å². The SMILES string of the molecule is CC(N)c1ccc(OCC2CCCO2)cc1. The maximum absolute atomic E-state index is 5.78. The van der Waals surface area contributed by atoms with E-state index in [1.54, 1.807) is 0 Å². The van der Waals surface area contributed by atoms with Gasteiger partial charge < -0.3 is 15.2 Å². The average molecular weight is 221 g/mol. The summed E-state index contributed by atoms with van der Waals surface area (Å²) in [6, 6.07) is 8.03. The van der Waals surface area contributed by atoms with Gasteiger partial charge in [0, 0.05) is 12.6 Å². The lowest BCUT2D eigenvalue weighted by Gasteiger charge is -2.12. The van der Waals surface area contributed by atoms with E-state index in [4.69, 9.17) is 15.2 Å². The predicted octanol–water partition coefficient (Wildman–Crippen LogP) is 2.26. The summed E-state index contributed by atoms with van der Waals surface area (Å²) < 4.78 is 11.2. The van der Waals surface area contributed by atoms with Crippen LogP contribution in [0, 0.1) is 0 Å². The van der Waals surface area contributed by atoms with E-state index in [0.717, 1.165) is 30.8 Å². The topological polar surface area (TPSA) is 44.5 Å². The molecule has 3 nitrogen and oxygen atoms in total. The third kappa shape index (κ3) is 2.97. The van der Waals surface area contributed by atoms with Crippen molar-refractivity contribution in [1.82, 2.24) is 0 Å². The molecular formula is C13H19NO2. The first-order valence-electron chi connectivity index (χ1n) is 5.85. The van der Waals surface area contributed by atoms with E-state index in [9.17, 15) is 0 Å². The Balaban J connectivity index is 1.84. The Bertz CT molecular complexity index is 315. The molecule has 0 aromatic heterocycles. The van der Waals surface area contributed by atoms with Gasteiger partial charge in [-0.05, 0) is 37.5 Å². The van der Waals surface area contributed by atoms with Crippen LogP contribution in [0.15, 0.2) is 24.3 Å². The van der Waals surface area contributed by atoms with Gasteiger partial charge in [-0.15, -0.1) is 0 Å². The van der Waals surface area contributed by atoms with Crippen LogP contribution in [0.3, 0.4) is 0 Å². The van der Waals surface area contributed by atoms with Crippen LogP contribution in [0.5, 0.6) is 5.75 Å². The first-order valence-corrected chi connectivity index (χ1v) is 5.85. The third-order valence-corrected chi connectivity index (χ3v) is 2.87. The molecule has 0 saturated carbocycles. The van der Waals surface area contributed by atoms with Gasteiger partial charge in [0.15, 0.2) is 0 Å². The van der Waals surface area contributed by atoms with Crippen LogP contribution >= 0.6 is 0 Å². The summed E-state index contributed by atoms with van der Waals surface area (Å²) in [5.41, 5.74) is 6.91. The van der Waals surface area contributed by atoms with Crippen LogP contribution in [-0.2, 0) is 4.74 Å². The largest absolute Gasteiger partial charge is 0.491 e. The Kier molecular flexibility index (Phi) is 3.80. The summed E-state index contributed by atoms with van der Waals surface area (Å²) in [6.07, 6.45) is 2.53. The lowest BCUT2D eigenvalue weighted by molar-refractivity contribution is 0.0679. The number of ether oxygens (including phenoxy) is 2. The molecule has 1 aliphatic heterocycles. The molecule has 1 aliphatic rings. The van der Waals surface area contributed by atoms with Crippen molar-refractivity contribution >= 4 is 0 Å². The summed E-state index contributed by atoms with van der Waals surface area (Å²) >= 11 is 0. The molecule has 1 aromatic rings. The fraction of sp³-hybridized carbons (Fsp3) is 0.538. The number of hydrogen-bond donors (Lipinski definition) is 1. The van der Waals surface area contributed by atoms with Crippen molar-refractivity contribution < 1.29 is 9.47 Å². The molecule has 0 spiro atoms. The number of hydrogen-bond acceptors (Lipinski definition) is 3. The molecule has 0 aliphatic carbocycles. The molecule has 2 N–H and O–H groups in total. The van der Waals surface area contributed by atoms with Crippen molar-refractivity contribution in [2.24, 2.45) is 5.73 Å². The molecule has 1 aromatic carbocycles. The van der Waals surface area contributed by atoms with Crippen LogP contribution in [0.4, 0.5) is 0 Å². The Morgan fingerprint density at radius 1 is 1.44 bits per heavy atom. The van der Waals surface area contributed by atoms with E-state index in [0.29, 0.717) is 6.61 Å². The van der Waals surface area contributed by atoms with E-state index >= 15 is 0 Å². The fourth-order valence-electron chi connectivity index (χ4n) is 1.83. The molecule has 1 fully saturated rings. The third-order valence-electron chi connectivity index (χ3n) is 2.87. The highest BCUT2D eigenvalue weighted by Gasteiger charge is 2.15. The first-order chi connectivity index (χ1) is 7.75. The molecule has 1 heterocycles. The zero-order chi connectivity index (χ0) is 11.4. The Morgan fingerprint density at radius 3 is 2.75 bits per heavy atom. The molecule has 0 bridgehead atoms. The quantitative estimate of drug-likeness (QED) is 0.848. The summed E-state index contributed by atoms with van der Waals surface area (Å²) in [5, 5.41) is 0. The second-order valence-corrected chi connectivity index (χ2v) is 4.30. The minimum atomic E-state index is 0.0761. The fourth-order valence-corrected chi connectivity index (χ4v) is 1.83. The smallest absolute Gasteiger partial charge is 0.119 e. The average Bonchev–Trinajstić information content (AvgIpc) is 2.80. The van der Waals surface area contributed by atoms with Crippen molar-refractivity contribution in [3.8, 4) is 5.75 Å². The number of nitrogens with two attached hydrogens (primary N) is 1. The summed E-state index contributed by atoms with van der Waals surface area (Å²) in [4.78, 5) is 0. The lowest BCUT2D eigenvalue weighted by atomic mass is 10.1. The molecule has 2 unspecified atom stereocenters. The van der Waals surface area contributed by atoms with Crippen molar-refractivity contribution in [3.05, 3.63) is 29.8 Å². The number of rotatable bonds is 4. The highest BCUT2D eigenvalue weighted by atomic mass is 16.5. The minimum absolute atomic E-state index is 0.0761. The maximum Gasteiger partial charge on any atom is 0.119 e. The normalized spacial score (nSPS) is 22.0. The Morgan fingerprint density at radius 2 is 2.19 bits per heavy atom. The van der Waals surface area contributed by atoms with E-state index in [1.165, 1.54) is 0 Å². The van der Waals surface area contributed by atoms with Crippen molar-refractivity contribution in [2.75, 3.05) is 13.2 Å². The molecule has 0 radical (unpaired) electrons. The van der Waals surface area contributed by atoms with Gasteiger partial charge >= 0.3 is 0 Å². The van der Waals surface area contributed by atoms with Gasteiger partial charge in [-0.3, -0.25) is 0 Å². The standard InChI is InChI=1S/C13H19NO2/c1-10(14)11-4-6-12(7-5-11)16-9-13-3-2-8-15-13/h4-7,10,13H,2-3,8-9,14H2,1H3. The predicted molar refractivity (Wildman–Crippen MR) is 63.5 cm³/mol. The lowest BCUT2D eigenvalue weighted by Crippen LogP contribution is -2.16. The zero-order valence-corrected chi connectivity index (χ0v) is 9.69. The highest BCUT2D eigenvalue weighted by Crippen LogP contribution is 2.18. The van der Waals surface area contributed by atoms with Gasteiger partial charge in [0.25, 0.3) is 0 Å². The van der Waals surface area contributed by atoms with Crippen LogP contribution in [0.1, 0.15) is 31.4 Å². The van der Waals surface area contributed by atoms with Gasteiger partial charge in [0.1, 0.15) is 12.4 Å². The van der Waals surface area contributed by atoms with Crippen molar-refractivity contribution in [3.63, 3.8) is 0 Å².